The Morgan fingerprint density at radius 2 is 1.68 bits per heavy atom. The number of quaternary nitrogens is 2. The number of carbonyl (C=O) groups excluding carboxylic acids is 1. The molecule has 3 N–H and O–H groups in total. The SMILES string of the molecule is CCc1ccccc1NC(=O)C[NH+]1CC[NH+](CCSc2ccc(C)cc2)CC1. The molecule has 0 bridgehead atoms. The molecular formula is C23H33N3OS+2. The van der Waals surface area contributed by atoms with Crippen LogP contribution in [0.15, 0.2) is 53.4 Å². The molecule has 0 radical (unpaired) electrons. The van der Waals surface area contributed by atoms with Crippen LogP contribution in [0.25, 0.3) is 0 Å². The second-order valence-electron chi connectivity index (χ2n) is 7.65. The molecule has 150 valence electrons. The van der Waals surface area contributed by atoms with Gasteiger partial charge in [-0.2, -0.15) is 0 Å². The standard InChI is InChI=1S/C23H31N3OS/c1-3-20-6-4-5-7-22(20)24-23(27)18-26-14-12-25(13-15-26)16-17-28-21-10-8-19(2)9-11-21/h4-11H,3,12-18H2,1-2H3,(H,24,27)/p+2. The minimum atomic E-state index is 0.134. The van der Waals surface area contributed by atoms with E-state index in [-0.39, 0.29) is 5.91 Å². The molecule has 0 unspecified atom stereocenters. The molecule has 0 spiro atoms. The van der Waals surface area contributed by atoms with Crippen molar-refractivity contribution in [1.82, 2.24) is 0 Å². The van der Waals surface area contributed by atoms with E-state index >= 15 is 0 Å². The summed E-state index contributed by atoms with van der Waals surface area (Å²) in [4.78, 5) is 16.9. The number of aryl methyl sites for hydroxylation is 2. The van der Waals surface area contributed by atoms with Gasteiger partial charge < -0.3 is 15.1 Å². The topological polar surface area (TPSA) is 38.0 Å². The lowest BCUT2D eigenvalue weighted by Crippen LogP contribution is -3.28. The van der Waals surface area contributed by atoms with Gasteiger partial charge in [-0.1, -0.05) is 42.8 Å². The van der Waals surface area contributed by atoms with Crippen LogP contribution in [0.5, 0.6) is 0 Å². The Balaban J connectivity index is 1.35. The van der Waals surface area contributed by atoms with Crippen molar-refractivity contribution in [2.75, 3.05) is 50.3 Å². The first-order valence-electron chi connectivity index (χ1n) is 10.4. The minimum absolute atomic E-state index is 0.134. The van der Waals surface area contributed by atoms with Crippen LogP contribution in [-0.4, -0.2) is 50.9 Å². The highest BCUT2D eigenvalue weighted by Crippen LogP contribution is 2.17. The van der Waals surface area contributed by atoms with Crippen molar-refractivity contribution in [3.8, 4) is 0 Å². The molecular weight excluding hydrogens is 366 g/mol. The highest BCUT2D eigenvalue weighted by molar-refractivity contribution is 7.99. The van der Waals surface area contributed by atoms with Gasteiger partial charge in [0.25, 0.3) is 5.91 Å². The molecule has 3 rings (SSSR count). The van der Waals surface area contributed by atoms with Crippen molar-refractivity contribution in [1.29, 1.82) is 0 Å². The third kappa shape index (κ3) is 6.36. The minimum Gasteiger partial charge on any atom is -0.325 e. The zero-order valence-corrected chi connectivity index (χ0v) is 17.9. The third-order valence-electron chi connectivity index (χ3n) is 5.49. The van der Waals surface area contributed by atoms with Crippen LogP contribution in [0, 0.1) is 6.92 Å². The van der Waals surface area contributed by atoms with Gasteiger partial charge in [0.1, 0.15) is 26.2 Å². The van der Waals surface area contributed by atoms with Crippen LogP contribution >= 0.6 is 11.8 Å². The van der Waals surface area contributed by atoms with Crippen molar-refractivity contribution in [3.63, 3.8) is 0 Å². The average Bonchev–Trinajstić information content (AvgIpc) is 2.71. The summed E-state index contributed by atoms with van der Waals surface area (Å²) in [5.41, 5.74) is 3.48. The zero-order valence-electron chi connectivity index (χ0n) is 17.1. The number of rotatable bonds is 8. The van der Waals surface area contributed by atoms with E-state index < -0.39 is 0 Å². The molecule has 1 heterocycles. The molecule has 1 saturated heterocycles. The summed E-state index contributed by atoms with van der Waals surface area (Å²) in [6, 6.07) is 16.9. The number of carbonyl (C=O) groups is 1. The smallest absolute Gasteiger partial charge is 0.279 e. The highest BCUT2D eigenvalue weighted by atomic mass is 32.2. The van der Waals surface area contributed by atoms with Crippen molar-refractivity contribution < 1.29 is 14.6 Å². The molecule has 1 fully saturated rings. The highest BCUT2D eigenvalue weighted by Gasteiger charge is 2.24. The Morgan fingerprint density at radius 1 is 1.00 bits per heavy atom. The van der Waals surface area contributed by atoms with E-state index in [1.807, 2.05) is 30.0 Å². The van der Waals surface area contributed by atoms with Gasteiger partial charge in [0.15, 0.2) is 6.54 Å². The van der Waals surface area contributed by atoms with Gasteiger partial charge in [0, 0.05) is 16.3 Å². The number of anilines is 1. The lowest BCUT2D eigenvalue weighted by Gasteiger charge is -2.29. The normalized spacial score (nSPS) is 19.4. The summed E-state index contributed by atoms with van der Waals surface area (Å²) >= 11 is 1.95. The molecule has 2 aromatic rings. The van der Waals surface area contributed by atoms with E-state index in [0.29, 0.717) is 6.54 Å². The first-order valence-corrected chi connectivity index (χ1v) is 11.4. The Bertz CT molecular complexity index is 755. The van der Waals surface area contributed by atoms with E-state index in [0.717, 1.165) is 44.0 Å². The number of amides is 1. The van der Waals surface area contributed by atoms with E-state index in [1.54, 1.807) is 4.90 Å². The molecule has 0 saturated carbocycles. The van der Waals surface area contributed by atoms with Gasteiger partial charge in [0.2, 0.25) is 0 Å². The fourth-order valence-electron chi connectivity index (χ4n) is 3.70. The predicted octanol–water partition coefficient (Wildman–Crippen LogP) is 1.07. The molecule has 2 aromatic carbocycles. The third-order valence-corrected chi connectivity index (χ3v) is 6.51. The van der Waals surface area contributed by atoms with Crippen LogP contribution in [0.3, 0.4) is 0 Å². The summed E-state index contributed by atoms with van der Waals surface area (Å²) in [5.74, 6) is 1.29. The summed E-state index contributed by atoms with van der Waals surface area (Å²) < 4.78 is 0. The second-order valence-corrected chi connectivity index (χ2v) is 8.82. The van der Waals surface area contributed by atoms with Crippen LogP contribution in [0.2, 0.25) is 0 Å². The Labute approximate surface area is 173 Å². The summed E-state index contributed by atoms with van der Waals surface area (Å²) in [6.45, 7) is 10.5. The fourth-order valence-corrected chi connectivity index (χ4v) is 4.66. The maximum atomic E-state index is 12.4. The number of nitrogens with one attached hydrogen (secondary N) is 3. The molecule has 0 atom stereocenters. The Hall–Kier alpha value is -1.82. The molecule has 28 heavy (non-hydrogen) atoms. The van der Waals surface area contributed by atoms with Crippen molar-refractivity contribution in [2.24, 2.45) is 0 Å². The van der Waals surface area contributed by atoms with Gasteiger partial charge in [-0.05, 0) is 37.1 Å². The van der Waals surface area contributed by atoms with Crippen LogP contribution in [0.4, 0.5) is 5.69 Å². The second kappa shape index (κ2) is 10.6. The van der Waals surface area contributed by atoms with Gasteiger partial charge in [-0.3, -0.25) is 4.79 Å². The van der Waals surface area contributed by atoms with Crippen molar-refractivity contribution in [3.05, 3.63) is 59.7 Å². The number of hydrogen-bond donors (Lipinski definition) is 3. The molecule has 4 nitrogen and oxygen atoms in total. The van der Waals surface area contributed by atoms with Crippen LogP contribution in [0.1, 0.15) is 18.1 Å². The first-order chi connectivity index (χ1) is 13.6. The lowest BCUT2D eigenvalue weighted by atomic mass is 10.1. The first kappa shape index (κ1) is 20.9. The number of piperazine rings is 1. The number of thioether (sulfide) groups is 1. The molecule has 1 amide bonds. The maximum absolute atomic E-state index is 12.4. The van der Waals surface area contributed by atoms with E-state index in [9.17, 15) is 4.79 Å². The van der Waals surface area contributed by atoms with Crippen molar-refractivity contribution >= 4 is 23.4 Å². The predicted molar refractivity (Wildman–Crippen MR) is 117 cm³/mol. The largest absolute Gasteiger partial charge is 0.325 e. The van der Waals surface area contributed by atoms with E-state index in [4.69, 9.17) is 0 Å². The monoisotopic (exact) mass is 399 g/mol. The van der Waals surface area contributed by atoms with Gasteiger partial charge >= 0.3 is 0 Å². The molecule has 1 aliphatic heterocycles. The maximum Gasteiger partial charge on any atom is 0.279 e. The van der Waals surface area contributed by atoms with E-state index in [1.165, 1.54) is 27.5 Å². The van der Waals surface area contributed by atoms with Crippen molar-refractivity contribution in [2.45, 2.75) is 25.2 Å². The zero-order chi connectivity index (χ0) is 19.8. The quantitative estimate of drug-likeness (QED) is 0.581. The van der Waals surface area contributed by atoms with Crippen LogP contribution < -0.4 is 15.1 Å². The number of benzene rings is 2. The molecule has 0 aliphatic carbocycles. The summed E-state index contributed by atoms with van der Waals surface area (Å²) in [7, 11) is 0. The summed E-state index contributed by atoms with van der Waals surface area (Å²) in [5, 5.41) is 3.11. The number of para-hydroxylation sites is 1. The summed E-state index contributed by atoms with van der Waals surface area (Å²) in [6.07, 6.45) is 0.936. The Kier molecular flexibility index (Phi) is 7.95. The molecule has 1 aliphatic rings. The molecule has 0 aromatic heterocycles. The van der Waals surface area contributed by atoms with Crippen LogP contribution in [-0.2, 0) is 11.2 Å². The van der Waals surface area contributed by atoms with Gasteiger partial charge in [-0.15, -0.1) is 11.8 Å². The fraction of sp³-hybridized carbons (Fsp3) is 0.435. The molecule has 5 heteroatoms. The van der Waals surface area contributed by atoms with Gasteiger partial charge in [0.05, 0.1) is 6.54 Å². The van der Waals surface area contributed by atoms with Gasteiger partial charge in [-0.25, -0.2) is 0 Å². The van der Waals surface area contributed by atoms with E-state index in [2.05, 4.69) is 49.5 Å². The lowest BCUT2D eigenvalue weighted by molar-refractivity contribution is -1.01. The number of hydrogen-bond acceptors (Lipinski definition) is 2. The average molecular weight is 400 g/mol. The Morgan fingerprint density at radius 3 is 2.39 bits per heavy atom.